The molecule has 0 radical (unpaired) electrons. The van der Waals surface area contributed by atoms with Gasteiger partial charge in [0, 0.05) is 68.1 Å². The Morgan fingerprint density at radius 3 is 1.62 bits per heavy atom. The van der Waals surface area contributed by atoms with Crippen molar-refractivity contribution in [3.63, 3.8) is 0 Å². The van der Waals surface area contributed by atoms with E-state index in [1.807, 2.05) is 34.8 Å². The lowest BCUT2D eigenvalue weighted by atomic mass is 9.91. The standard InChI is InChI=1S/C61H34N2OS2/c1-2-13-48-43(9-1)50-30-36(18-22-49(50)61-60(48)62-59-34-39(25-26-63(59)61)35-19-23-54-51(31-35)44-10-3-6-14-53(44)64-54)40-27-41(37-20-24-57-52(32-37)46-12-5-8-16-56(46)65-57)29-42(28-40)38-17-21-47-45-11-4-7-15-55(45)66-58(47)33-38/h1-34H. The Kier molecular flexibility index (Phi) is 7.53. The molecule has 0 aliphatic rings. The van der Waals surface area contributed by atoms with E-state index in [1.165, 1.54) is 89.9 Å². The lowest BCUT2D eigenvalue weighted by Crippen LogP contribution is -1.89. The first-order valence-electron chi connectivity index (χ1n) is 22.3. The van der Waals surface area contributed by atoms with E-state index < -0.39 is 0 Å². The molecule has 0 spiro atoms. The Hall–Kier alpha value is -8.09. The lowest BCUT2D eigenvalue weighted by Gasteiger charge is -2.14. The molecule has 0 atom stereocenters. The third-order valence-electron chi connectivity index (χ3n) is 13.8. The molecule has 0 aliphatic heterocycles. The molecule has 306 valence electrons. The molecule has 0 bridgehead atoms. The monoisotopic (exact) mass is 874 g/mol. The molecule has 0 fully saturated rings. The van der Waals surface area contributed by atoms with Crippen LogP contribution in [0, 0.1) is 0 Å². The van der Waals surface area contributed by atoms with E-state index >= 15 is 0 Å². The van der Waals surface area contributed by atoms with Gasteiger partial charge in [0.05, 0.1) is 11.0 Å². The molecule has 0 N–H and O–H groups in total. The van der Waals surface area contributed by atoms with E-state index in [-0.39, 0.29) is 0 Å². The average molecular weight is 875 g/mol. The fourth-order valence-corrected chi connectivity index (χ4v) is 12.8. The van der Waals surface area contributed by atoms with E-state index in [0.717, 1.165) is 55.1 Å². The van der Waals surface area contributed by atoms with Crippen molar-refractivity contribution < 1.29 is 4.42 Å². The summed E-state index contributed by atoms with van der Waals surface area (Å²) in [5.74, 6) is 0. The zero-order chi connectivity index (χ0) is 43.0. The Balaban J connectivity index is 0.917. The molecule has 0 saturated heterocycles. The van der Waals surface area contributed by atoms with Crippen molar-refractivity contribution in [2.75, 3.05) is 0 Å². The minimum atomic E-state index is 0.898. The summed E-state index contributed by atoms with van der Waals surface area (Å²) in [5, 5.41) is 12.2. The maximum absolute atomic E-state index is 6.16. The summed E-state index contributed by atoms with van der Waals surface area (Å²) in [6.07, 6.45) is 2.19. The summed E-state index contributed by atoms with van der Waals surface area (Å²) >= 11 is 3.74. The summed E-state index contributed by atoms with van der Waals surface area (Å²) in [4.78, 5) is 5.37. The second-order valence-electron chi connectivity index (χ2n) is 17.5. The number of pyridine rings is 1. The Labute approximate surface area is 385 Å². The summed E-state index contributed by atoms with van der Waals surface area (Å²) < 4.78 is 13.7. The second kappa shape index (κ2) is 13.7. The largest absolute Gasteiger partial charge is 0.456 e. The quantitative estimate of drug-likeness (QED) is 0.165. The van der Waals surface area contributed by atoms with Gasteiger partial charge in [0.25, 0.3) is 0 Å². The number of hydrogen-bond acceptors (Lipinski definition) is 4. The SMILES string of the molecule is c1ccc2c(c1)oc1ccc(-c3ccn4c(c3)nc3c5ccccc5c5cc(-c6cc(-c7ccc8c(c7)sc7ccccc78)cc(-c7ccc8sc9ccccc9c8c7)c6)ccc5c34)cc12. The number of rotatable bonds is 4. The molecule has 66 heavy (non-hydrogen) atoms. The highest BCUT2D eigenvalue weighted by molar-refractivity contribution is 7.26. The van der Waals surface area contributed by atoms with Crippen molar-refractivity contribution >= 4 is 123 Å². The van der Waals surface area contributed by atoms with Crippen LogP contribution in [0.2, 0.25) is 0 Å². The highest BCUT2D eigenvalue weighted by Gasteiger charge is 2.18. The molecule has 0 saturated carbocycles. The Morgan fingerprint density at radius 1 is 0.318 bits per heavy atom. The molecule has 5 heteroatoms. The van der Waals surface area contributed by atoms with Gasteiger partial charge < -0.3 is 4.42 Å². The normalized spacial score (nSPS) is 12.2. The molecule has 5 heterocycles. The molecule has 5 aromatic heterocycles. The molecule has 0 aliphatic carbocycles. The first-order valence-corrected chi connectivity index (χ1v) is 24.0. The Morgan fingerprint density at radius 2 is 0.833 bits per heavy atom. The van der Waals surface area contributed by atoms with E-state index in [2.05, 4.69) is 199 Å². The van der Waals surface area contributed by atoms with Crippen molar-refractivity contribution in [1.82, 2.24) is 9.38 Å². The van der Waals surface area contributed by atoms with Gasteiger partial charge in [-0.15, -0.1) is 22.7 Å². The van der Waals surface area contributed by atoms with Crippen LogP contribution in [-0.4, -0.2) is 9.38 Å². The van der Waals surface area contributed by atoms with Gasteiger partial charge in [-0.2, -0.15) is 0 Å². The van der Waals surface area contributed by atoms with Gasteiger partial charge in [0.15, 0.2) is 0 Å². The van der Waals surface area contributed by atoms with Crippen LogP contribution in [0.25, 0.3) is 145 Å². The van der Waals surface area contributed by atoms with Gasteiger partial charge in [-0.05, 0) is 140 Å². The van der Waals surface area contributed by atoms with Crippen LogP contribution in [0.4, 0.5) is 0 Å². The third kappa shape index (κ3) is 5.39. The van der Waals surface area contributed by atoms with Gasteiger partial charge in [-0.25, -0.2) is 4.98 Å². The van der Waals surface area contributed by atoms with Crippen LogP contribution in [0.15, 0.2) is 211 Å². The smallest absolute Gasteiger partial charge is 0.138 e. The van der Waals surface area contributed by atoms with Crippen LogP contribution < -0.4 is 0 Å². The minimum absolute atomic E-state index is 0.898. The average Bonchev–Trinajstić information content (AvgIpc) is 4.15. The number of nitrogens with zero attached hydrogens (tertiary/aromatic N) is 2. The molecule has 15 rings (SSSR count). The van der Waals surface area contributed by atoms with Gasteiger partial charge in [0.1, 0.15) is 16.8 Å². The third-order valence-corrected chi connectivity index (χ3v) is 16.1. The fraction of sp³-hybridized carbons (Fsp3) is 0. The zero-order valence-electron chi connectivity index (χ0n) is 35.2. The van der Waals surface area contributed by atoms with Gasteiger partial charge in [0.2, 0.25) is 0 Å². The number of aromatic nitrogens is 2. The minimum Gasteiger partial charge on any atom is -0.456 e. The van der Waals surface area contributed by atoms with Crippen LogP contribution in [0.1, 0.15) is 0 Å². The van der Waals surface area contributed by atoms with E-state index in [1.54, 1.807) is 0 Å². The molecular weight excluding hydrogens is 841 g/mol. The van der Waals surface area contributed by atoms with Crippen LogP contribution in [0.3, 0.4) is 0 Å². The predicted octanol–water partition coefficient (Wildman–Crippen LogP) is 18.1. The van der Waals surface area contributed by atoms with Gasteiger partial charge in [-0.3, -0.25) is 4.40 Å². The summed E-state index contributed by atoms with van der Waals surface area (Å²) in [6.45, 7) is 0. The number of furan rings is 1. The van der Waals surface area contributed by atoms with E-state index in [9.17, 15) is 0 Å². The highest BCUT2D eigenvalue weighted by Crippen LogP contribution is 2.43. The number of para-hydroxylation sites is 1. The van der Waals surface area contributed by atoms with Crippen molar-refractivity contribution in [2.45, 2.75) is 0 Å². The number of fused-ring (bicyclic) bond motifs is 17. The number of imidazole rings is 1. The zero-order valence-corrected chi connectivity index (χ0v) is 36.9. The second-order valence-corrected chi connectivity index (χ2v) is 19.7. The maximum Gasteiger partial charge on any atom is 0.138 e. The van der Waals surface area contributed by atoms with Crippen LogP contribution in [0.5, 0.6) is 0 Å². The van der Waals surface area contributed by atoms with Crippen molar-refractivity contribution in [3.8, 4) is 44.5 Å². The fourth-order valence-electron chi connectivity index (χ4n) is 10.6. The van der Waals surface area contributed by atoms with E-state index in [4.69, 9.17) is 9.40 Å². The van der Waals surface area contributed by atoms with Crippen LogP contribution in [-0.2, 0) is 0 Å². The maximum atomic E-state index is 6.16. The van der Waals surface area contributed by atoms with Crippen LogP contribution >= 0.6 is 22.7 Å². The molecule has 3 nitrogen and oxygen atoms in total. The molecule has 10 aromatic carbocycles. The van der Waals surface area contributed by atoms with E-state index in [0.29, 0.717) is 0 Å². The predicted molar refractivity (Wildman–Crippen MR) is 283 cm³/mol. The van der Waals surface area contributed by atoms with Crippen molar-refractivity contribution in [2.24, 2.45) is 0 Å². The molecule has 15 aromatic rings. The summed E-state index contributed by atoms with van der Waals surface area (Å²) in [5.41, 5.74) is 14.3. The molecule has 0 amide bonds. The molecule has 0 unspecified atom stereocenters. The summed E-state index contributed by atoms with van der Waals surface area (Å²) in [7, 11) is 0. The number of thiophene rings is 2. The van der Waals surface area contributed by atoms with Gasteiger partial charge >= 0.3 is 0 Å². The number of benzene rings is 10. The highest BCUT2D eigenvalue weighted by atomic mass is 32.1. The molecular formula is C61H34N2OS2. The van der Waals surface area contributed by atoms with Gasteiger partial charge in [-0.1, -0.05) is 115 Å². The lowest BCUT2D eigenvalue weighted by molar-refractivity contribution is 0.669. The number of hydrogen-bond donors (Lipinski definition) is 0. The Bertz CT molecular complexity index is 4540. The topological polar surface area (TPSA) is 30.4 Å². The first kappa shape index (κ1) is 36.3. The summed E-state index contributed by atoms with van der Waals surface area (Å²) in [6, 6.07) is 73.6. The van der Waals surface area contributed by atoms with Crippen molar-refractivity contribution in [1.29, 1.82) is 0 Å². The van der Waals surface area contributed by atoms with Crippen molar-refractivity contribution in [3.05, 3.63) is 206 Å². The first-order chi connectivity index (χ1) is 32.6.